The van der Waals surface area contributed by atoms with Crippen LogP contribution in [0.3, 0.4) is 0 Å². The highest BCUT2D eigenvalue weighted by molar-refractivity contribution is 6.00. The molecule has 3 nitrogen and oxygen atoms in total. The first-order chi connectivity index (χ1) is 7.82. The molecule has 0 radical (unpaired) electrons. The average molecular weight is 240 g/mol. The molecule has 98 valence electrons. The molecular weight excluding hydrogens is 216 g/mol. The second-order valence-electron chi connectivity index (χ2n) is 6.24. The van der Waals surface area contributed by atoms with E-state index < -0.39 is 17.3 Å². The first-order valence-electron chi connectivity index (χ1n) is 6.59. The number of carboxylic acid groups (broad SMARTS) is 1. The van der Waals surface area contributed by atoms with Gasteiger partial charge in [-0.2, -0.15) is 0 Å². The molecule has 0 aromatic carbocycles. The molecule has 1 N–H and O–H groups in total. The van der Waals surface area contributed by atoms with Crippen LogP contribution in [0.4, 0.5) is 0 Å². The number of carboxylic acids is 1. The highest BCUT2D eigenvalue weighted by atomic mass is 16.4. The lowest BCUT2D eigenvalue weighted by molar-refractivity contribution is -0.150. The maximum absolute atomic E-state index is 12.1. The fourth-order valence-corrected chi connectivity index (χ4v) is 2.60. The van der Waals surface area contributed by atoms with Gasteiger partial charge >= 0.3 is 5.97 Å². The van der Waals surface area contributed by atoms with Crippen LogP contribution in [0.15, 0.2) is 0 Å². The minimum absolute atomic E-state index is 0.129. The summed E-state index contributed by atoms with van der Waals surface area (Å²) in [5.74, 6) is -1.46. The summed E-state index contributed by atoms with van der Waals surface area (Å²) < 4.78 is 0. The molecule has 0 saturated heterocycles. The molecule has 1 fully saturated rings. The Bertz CT molecular complexity index is 282. The van der Waals surface area contributed by atoms with Gasteiger partial charge in [0.05, 0.1) is 0 Å². The Balaban J connectivity index is 2.66. The first kappa shape index (κ1) is 14.2. The number of carbonyl (C=O) groups excluding carboxylic acids is 1. The second kappa shape index (κ2) is 5.65. The molecule has 0 aromatic heterocycles. The zero-order valence-electron chi connectivity index (χ0n) is 11.2. The van der Waals surface area contributed by atoms with Crippen molar-refractivity contribution in [3.63, 3.8) is 0 Å². The van der Waals surface area contributed by atoms with Crippen LogP contribution >= 0.6 is 0 Å². The highest BCUT2D eigenvalue weighted by Gasteiger charge is 2.36. The predicted molar refractivity (Wildman–Crippen MR) is 66.8 cm³/mol. The van der Waals surface area contributed by atoms with Crippen LogP contribution in [0, 0.1) is 17.3 Å². The predicted octanol–water partition coefficient (Wildman–Crippen LogP) is 3.27. The summed E-state index contributed by atoms with van der Waals surface area (Å²) in [6.45, 7) is 5.39. The normalized spacial score (nSPS) is 19.9. The molecule has 1 saturated carbocycles. The molecule has 1 rings (SSSR count). The zero-order valence-corrected chi connectivity index (χ0v) is 11.2. The van der Waals surface area contributed by atoms with Gasteiger partial charge in [0.15, 0.2) is 5.78 Å². The van der Waals surface area contributed by atoms with E-state index in [2.05, 4.69) is 0 Å². The Kier molecular flexibility index (Phi) is 4.72. The van der Waals surface area contributed by atoms with Gasteiger partial charge in [0.1, 0.15) is 5.92 Å². The Morgan fingerprint density at radius 1 is 1.18 bits per heavy atom. The van der Waals surface area contributed by atoms with Crippen molar-refractivity contribution < 1.29 is 14.7 Å². The number of rotatable bonds is 4. The van der Waals surface area contributed by atoms with E-state index in [9.17, 15) is 14.7 Å². The lowest BCUT2D eigenvalue weighted by atomic mass is 9.76. The highest BCUT2D eigenvalue weighted by Crippen LogP contribution is 2.32. The summed E-state index contributed by atoms with van der Waals surface area (Å²) in [5.41, 5.74) is -0.558. The van der Waals surface area contributed by atoms with Crippen molar-refractivity contribution in [2.24, 2.45) is 17.3 Å². The first-order valence-corrected chi connectivity index (χ1v) is 6.59. The number of ketones is 1. The number of hydrogen-bond acceptors (Lipinski definition) is 2. The molecule has 0 amide bonds. The van der Waals surface area contributed by atoms with Gasteiger partial charge in [-0.25, -0.2) is 0 Å². The van der Waals surface area contributed by atoms with Crippen LogP contribution < -0.4 is 0 Å². The average Bonchev–Trinajstić information content (AvgIpc) is 2.24. The van der Waals surface area contributed by atoms with E-state index in [0.29, 0.717) is 12.3 Å². The van der Waals surface area contributed by atoms with Gasteiger partial charge in [-0.3, -0.25) is 9.59 Å². The van der Waals surface area contributed by atoms with E-state index in [1.165, 1.54) is 19.3 Å². The zero-order chi connectivity index (χ0) is 13.1. The summed E-state index contributed by atoms with van der Waals surface area (Å²) >= 11 is 0. The van der Waals surface area contributed by atoms with Crippen molar-refractivity contribution in [1.82, 2.24) is 0 Å². The fraction of sp³-hybridized carbons (Fsp3) is 0.857. The van der Waals surface area contributed by atoms with Crippen LogP contribution in [-0.4, -0.2) is 16.9 Å². The Labute approximate surface area is 104 Å². The molecule has 17 heavy (non-hydrogen) atoms. The summed E-state index contributed by atoms with van der Waals surface area (Å²) in [5, 5.41) is 9.22. The van der Waals surface area contributed by atoms with Crippen molar-refractivity contribution in [2.45, 2.75) is 59.3 Å². The third-order valence-electron chi connectivity index (χ3n) is 3.65. The molecule has 0 aliphatic heterocycles. The third-order valence-corrected chi connectivity index (χ3v) is 3.65. The van der Waals surface area contributed by atoms with E-state index in [4.69, 9.17) is 0 Å². The number of hydrogen-bond donors (Lipinski definition) is 1. The molecule has 1 atom stereocenters. The van der Waals surface area contributed by atoms with Gasteiger partial charge in [0.2, 0.25) is 0 Å². The largest absolute Gasteiger partial charge is 0.481 e. The van der Waals surface area contributed by atoms with Crippen molar-refractivity contribution in [2.75, 3.05) is 0 Å². The van der Waals surface area contributed by atoms with Crippen molar-refractivity contribution in [1.29, 1.82) is 0 Å². The minimum Gasteiger partial charge on any atom is -0.481 e. The molecule has 0 spiro atoms. The summed E-state index contributed by atoms with van der Waals surface area (Å²) in [7, 11) is 0. The quantitative estimate of drug-likeness (QED) is 0.767. The molecule has 1 unspecified atom stereocenters. The standard InChI is InChI=1S/C14H24O3/c1-14(2,3)12(15)11(13(16)17)9-10-7-5-4-6-8-10/h10-11H,4-9H2,1-3H3,(H,16,17). The lowest BCUT2D eigenvalue weighted by Crippen LogP contribution is -2.35. The monoisotopic (exact) mass is 240 g/mol. The van der Waals surface area contributed by atoms with Crippen LogP contribution in [0.2, 0.25) is 0 Å². The number of Topliss-reactive ketones (excluding diaryl/α,β-unsaturated/α-hetero) is 1. The van der Waals surface area contributed by atoms with Crippen LogP contribution in [0.1, 0.15) is 59.3 Å². The van der Waals surface area contributed by atoms with Crippen molar-refractivity contribution >= 4 is 11.8 Å². The van der Waals surface area contributed by atoms with E-state index in [1.54, 1.807) is 20.8 Å². The maximum atomic E-state index is 12.1. The van der Waals surface area contributed by atoms with E-state index in [0.717, 1.165) is 12.8 Å². The van der Waals surface area contributed by atoms with E-state index >= 15 is 0 Å². The van der Waals surface area contributed by atoms with E-state index in [1.807, 2.05) is 0 Å². The third kappa shape index (κ3) is 4.14. The van der Waals surface area contributed by atoms with Crippen molar-refractivity contribution in [3.05, 3.63) is 0 Å². The molecule has 0 bridgehead atoms. The summed E-state index contributed by atoms with van der Waals surface area (Å²) in [6.07, 6.45) is 6.32. The lowest BCUT2D eigenvalue weighted by Gasteiger charge is -2.27. The molecule has 3 heteroatoms. The summed E-state index contributed by atoms with van der Waals surface area (Å²) in [4.78, 5) is 23.3. The van der Waals surface area contributed by atoms with Crippen LogP contribution in [0.25, 0.3) is 0 Å². The van der Waals surface area contributed by atoms with Crippen LogP contribution in [0.5, 0.6) is 0 Å². The minimum atomic E-state index is -0.949. The smallest absolute Gasteiger partial charge is 0.314 e. The number of aliphatic carboxylic acids is 1. The van der Waals surface area contributed by atoms with Gasteiger partial charge in [0.25, 0.3) is 0 Å². The Morgan fingerprint density at radius 3 is 2.12 bits per heavy atom. The van der Waals surface area contributed by atoms with E-state index in [-0.39, 0.29) is 5.78 Å². The SMILES string of the molecule is CC(C)(C)C(=O)C(CC1CCCCC1)C(=O)O. The molecular formula is C14H24O3. The molecule has 0 heterocycles. The molecule has 1 aliphatic carbocycles. The topological polar surface area (TPSA) is 54.4 Å². The van der Waals surface area contributed by atoms with Gasteiger partial charge < -0.3 is 5.11 Å². The van der Waals surface area contributed by atoms with Gasteiger partial charge in [-0.1, -0.05) is 52.9 Å². The maximum Gasteiger partial charge on any atom is 0.314 e. The van der Waals surface area contributed by atoms with Gasteiger partial charge in [-0.15, -0.1) is 0 Å². The molecule has 1 aliphatic rings. The second-order valence-corrected chi connectivity index (χ2v) is 6.24. The number of carbonyl (C=O) groups is 2. The fourth-order valence-electron chi connectivity index (χ4n) is 2.60. The Morgan fingerprint density at radius 2 is 1.71 bits per heavy atom. The van der Waals surface area contributed by atoms with Gasteiger partial charge in [-0.05, 0) is 12.3 Å². The summed E-state index contributed by atoms with van der Waals surface area (Å²) in [6, 6.07) is 0. The van der Waals surface area contributed by atoms with Gasteiger partial charge in [0, 0.05) is 5.41 Å². The van der Waals surface area contributed by atoms with Crippen molar-refractivity contribution in [3.8, 4) is 0 Å². The Hall–Kier alpha value is -0.860. The van der Waals surface area contributed by atoms with Crippen LogP contribution in [-0.2, 0) is 9.59 Å². The molecule has 0 aromatic rings.